The lowest BCUT2D eigenvalue weighted by atomic mass is 10.3. The Morgan fingerprint density at radius 3 is 2.39 bits per heavy atom. The third-order valence-electron chi connectivity index (χ3n) is 2.06. The van der Waals surface area contributed by atoms with Crippen molar-refractivity contribution in [1.29, 1.82) is 0 Å². The number of hydrogen-bond acceptors (Lipinski definition) is 4. The van der Waals surface area contributed by atoms with Crippen molar-refractivity contribution >= 4 is 44.8 Å². The van der Waals surface area contributed by atoms with Crippen LogP contribution in [0.15, 0.2) is 17.0 Å². The SMILES string of the molecule is CC(NS(=O)(=O)c1c(N)cc(Cl)cc1Cl)C(N)=O. The summed E-state index contributed by atoms with van der Waals surface area (Å²) in [5.41, 5.74) is 10.4. The number of anilines is 1. The van der Waals surface area contributed by atoms with Gasteiger partial charge in [-0.3, -0.25) is 4.79 Å². The van der Waals surface area contributed by atoms with Gasteiger partial charge in [0.1, 0.15) is 4.90 Å². The quantitative estimate of drug-likeness (QED) is 0.711. The van der Waals surface area contributed by atoms with Gasteiger partial charge < -0.3 is 11.5 Å². The van der Waals surface area contributed by atoms with Gasteiger partial charge in [-0.25, -0.2) is 8.42 Å². The zero-order chi connectivity index (χ0) is 14.1. The van der Waals surface area contributed by atoms with E-state index in [2.05, 4.69) is 4.72 Å². The number of carbonyl (C=O) groups is 1. The summed E-state index contributed by atoms with van der Waals surface area (Å²) in [6.45, 7) is 1.31. The molecule has 1 amide bonds. The fourth-order valence-corrected chi connectivity index (χ4v) is 3.41. The fraction of sp³-hybridized carbons (Fsp3) is 0.222. The Hall–Kier alpha value is -1.02. The average molecular weight is 312 g/mol. The first kappa shape index (κ1) is 15.0. The van der Waals surface area contributed by atoms with Crippen LogP contribution in [0.4, 0.5) is 5.69 Å². The number of primary amides is 1. The van der Waals surface area contributed by atoms with Crippen LogP contribution in [-0.4, -0.2) is 20.4 Å². The van der Waals surface area contributed by atoms with Gasteiger partial charge in [0.15, 0.2) is 0 Å². The maximum absolute atomic E-state index is 12.0. The number of nitrogens with two attached hydrogens (primary N) is 2. The molecule has 0 saturated heterocycles. The number of sulfonamides is 1. The predicted octanol–water partition coefficient (Wildman–Crippen LogP) is 0.728. The van der Waals surface area contributed by atoms with Gasteiger partial charge in [0.05, 0.1) is 16.8 Å². The normalized spacial score (nSPS) is 13.3. The summed E-state index contributed by atoms with van der Waals surface area (Å²) in [7, 11) is -4.05. The lowest BCUT2D eigenvalue weighted by Gasteiger charge is -2.14. The number of amides is 1. The van der Waals surface area contributed by atoms with Crippen LogP contribution in [0, 0.1) is 0 Å². The molecule has 0 aliphatic carbocycles. The number of rotatable bonds is 4. The van der Waals surface area contributed by atoms with E-state index in [0.717, 1.165) is 0 Å². The number of carbonyl (C=O) groups excluding carboxylic acids is 1. The van der Waals surface area contributed by atoms with E-state index in [1.54, 1.807) is 0 Å². The third kappa shape index (κ3) is 3.26. The molecule has 9 heteroatoms. The Morgan fingerprint density at radius 2 is 1.94 bits per heavy atom. The zero-order valence-corrected chi connectivity index (χ0v) is 11.6. The third-order valence-corrected chi connectivity index (χ3v) is 4.35. The molecule has 1 rings (SSSR count). The van der Waals surface area contributed by atoms with E-state index in [1.165, 1.54) is 19.1 Å². The van der Waals surface area contributed by atoms with Gasteiger partial charge in [0, 0.05) is 5.02 Å². The van der Waals surface area contributed by atoms with Crippen molar-refractivity contribution in [3.05, 3.63) is 22.2 Å². The minimum absolute atomic E-state index is 0.114. The monoisotopic (exact) mass is 311 g/mol. The summed E-state index contributed by atoms with van der Waals surface area (Å²) in [5, 5.41) is 0.0728. The molecule has 5 N–H and O–H groups in total. The first-order valence-electron chi connectivity index (χ1n) is 4.71. The highest BCUT2D eigenvalue weighted by atomic mass is 35.5. The van der Waals surface area contributed by atoms with Crippen LogP contribution in [0.1, 0.15) is 6.92 Å². The first-order chi connectivity index (χ1) is 8.15. The maximum Gasteiger partial charge on any atom is 0.244 e. The number of nitrogen functional groups attached to an aromatic ring is 1. The van der Waals surface area contributed by atoms with Crippen LogP contribution in [-0.2, 0) is 14.8 Å². The zero-order valence-electron chi connectivity index (χ0n) is 9.28. The highest BCUT2D eigenvalue weighted by molar-refractivity contribution is 7.89. The Kier molecular flexibility index (Phi) is 4.44. The van der Waals surface area contributed by atoms with Gasteiger partial charge in [0.2, 0.25) is 15.9 Å². The van der Waals surface area contributed by atoms with Gasteiger partial charge in [-0.05, 0) is 19.1 Å². The topological polar surface area (TPSA) is 115 Å². The molecule has 0 bridgehead atoms. The van der Waals surface area contributed by atoms with Crippen LogP contribution in [0.2, 0.25) is 10.0 Å². The summed E-state index contributed by atoms with van der Waals surface area (Å²) in [6, 6.07) is 1.40. The number of hydrogen-bond donors (Lipinski definition) is 3. The van der Waals surface area contributed by atoms with Crippen LogP contribution in [0.3, 0.4) is 0 Å². The molecule has 0 radical (unpaired) electrons. The smallest absolute Gasteiger partial charge is 0.244 e. The van der Waals surface area contributed by atoms with Crippen LogP contribution < -0.4 is 16.2 Å². The second kappa shape index (κ2) is 5.31. The Morgan fingerprint density at radius 1 is 1.39 bits per heavy atom. The molecule has 100 valence electrons. The molecule has 1 aromatic carbocycles. The minimum atomic E-state index is -4.05. The number of benzene rings is 1. The predicted molar refractivity (Wildman–Crippen MR) is 69.9 cm³/mol. The molecule has 0 saturated carbocycles. The molecule has 6 nitrogen and oxygen atoms in total. The molecule has 1 atom stereocenters. The van der Waals surface area contributed by atoms with Gasteiger partial charge >= 0.3 is 0 Å². The maximum atomic E-state index is 12.0. The summed E-state index contributed by atoms with van der Waals surface area (Å²) < 4.78 is 26.0. The van der Waals surface area contributed by atoms with Gasteiger partial charge in [0.25, 0.3) is 0 Å². The van der Waals surface area contributed by atoms with E-state index >= 15 is 0 Å². The standard InChI is InChI=1S/C9H11Cl2N3O3S/c1-4(9(13)15)14-18(16,17)8-6(11)2-5(10)3-7(8)12/h2-4,14H,12H2,1H3,(H2,13,15). The second-order valence-corrected chi connectivity index (χ2v) is 6.05. The number of nitrogens with one attached hydrogen (secondary N) is 1. The van der Waals surface area contributed by atoms with E-state index in [0.29, 0.717) is 0 Å². The lowest BCUT2D eigenvalue weighted by Crippen LogP contribution is -2.42. The molecule has 0 aliphatic rings. The summed E-state index contributed by atoms with van der Waals surface area (Å²) in [5.74, 6) is -0.817. The fourth-order valence-electron chi connectivity index (χ4n) is 1.21. The van der Waals surface area contributed by atoms with E-state index in [9.17, 15) is 13.2 Å². The Balaban J connectivity index is 3.25. The van der Waals surface area contributed by atoms with Crippen LogP contribution in [0.25, 0.3) is 0 Å². The van der Waals surface area contributed by atoms with Crippen molar-refractivity contribution in [1.82, 2.24) is 4.72 Å². The van der Waals surface area contributed by atoms with Gasteiger partial charge in [-0.15, -0.1) is 0 Å². The van der Waals surface area contributed by atoms with E-state index in [4.69, 9.17) is 34.7 Å². The summed E-state index contributed by atoms with van der Waals surface area (Å²) in [4.78, 5) is 10.5. The molecule has 0 aromatic heterocycles. The highest BCUT2D eigenvalue weighted by Gasteiger charge is 2.25. The molecular formula is C9H11Cl2N3O3S. The Labute approximate surface area is 114 Å². The molecule has 0 fully saturated rings. The molecular weight excluding hydrogens is 301 g/mol. The lowest BCUT2D eigenvalue weighted by molar-refractivity contribution is -0.119. The number of halogens is 2. The second-order valence-electron chi connectivity index (χ2n) is 3.55. The molecule has 0 aliphatic heterocycles. The largest absolute Gasteiger partial charge is 0.398 e. The summed E-state index contributed by atoms with van der Waals surface area (Å²) >= 11 is 11.5. The highest BCUT2D eigenvalue weighted by Crippen LogP contribution is 2.31. The molecule has 18 heavy (non-hydrogen) atoms. The van der Waals surface area contributed by atoms with Crippen LogP contribution in [0.5, 0.6) is 0 Å². The molecule has 0 heterocycles. The Bertz CT molecular complexity index is 566. The summed E-state index contributed by atoms with van der Waals surface area (Å²) in [6.07, 6.45) is 0. The molecule has 1 aromatic rings. The van der Waals surface area contributed by atoms with Crippen molar-refractivity contribution < 1.29 is 13.2 Å². The van der Waals surface area contributed by atoms with Crippen molar-refractivity contribution in [2.45, 2.75) is 17.9 Å². The van der Waals surface area contributed by atoms with Crippen molar-refractivity contribution in [3.8, 4) is 0 Å². The van der Waals surface area contributed by atoms with Crippen molar-refractivity contribution in [3.63, 3.8) is 0 Å². The van der Waals surface area contributed by atoms with E-state index in [1.807, 2.05) is 0 Å². The van der Waals surface area contributed by atoms with Crippen molar-refractivity contribution in [2.75, 3.05) is 5.73 Å². The van der Waals surface area contributed by atoms with E-state index in [-0.39, 0.29) is 20.6 Å². The molecule has 1 unspecified atom stereocenters. The minimum Gasteiger partial charge on any atom is -0.398 e. The average Bonchev–Trinajstić information content (AvgIpc) is 2.13. The van der Waals surface area contributed by atoms with Crippen molar-refractivity contribution in [2.24, 2.45) is 5.73 Å². The van der Waals surface area contributed by atoms with E-state index < -0.39 is 22.0 Å². The van der Waals surface area contributed by atoms with Gasteiger partial charge in [-0.1, -0.05) is 23.2 Å². The van der Waals surface area contributed by atoms with Gasteiger partial charge in [-0.2, -0.15) is 4.72 Å². The van der Waals surface area contributed by atoms with Crippen LogP contribution >= 0.6 is 23.2 Å². The molecule has 0 spiro atoms. The first-order valence-corrected chi connectivity index (χ1v) is 6.95.